The number of carboxylic acids is 1. The van der Waals surface area contributed by atoms with Crippen molar-refractivity contribution >= 4 is 39.8 Å². The molecule has 0 spiro atoms. The Hall–Kier alpha value is -4.93. The molecule has 5 rings (SSSR count). The number of nitrogens with zero attached hydrogens (tertiary/aromatic N) is 4. The molecular weight excluding hydrogens is 532 g/mol. The fourth-order valence-corrected chi connectivity index (χ4v) is 4.66. The van der Waals surface area contributed by atoms with Crippen molar-refractivity contribution in [2.45, 2.75) is 46.1 Å². The van der Waals surface area contributed by atoms with Gasteiger partial charge in [0.2, 0.25) is 0 Å². The summed E-state index contributed by atoms with van der Waals surface area (Å²) in [7, 11) is 0. The molecule has 0 bridgehead atoms. The molecule has 0 saturated carbocycles. The van der Waals surface area contributed by atoms with Crippen molar-refractivity contribution in [3.63, 3.8) is 0 Å². The SMILES string of the molecule is CCCc1nc2c(C(=O)O)cc(-c3ccnc(NC(=O)OC(C)(C)C)c3)cc2n1-c1ccnc2c(F)ccc(F)c12. The number of carbonyl (C=O) groups is 2. The summed E-state index contributed by atoms with van der Waals surface area (Å²) in [6, 6.07) is 10.1. The Balaban J connectivity index is 1.74. The zero-order valence-electron chi connectivity index (χ0n) is 22.8. The largest absolute Gasteiger partial charge is 0.478 e. The van der Waals surface area contributed by atoms with E-state index in [2.05, 4.69) is 20.3 Å². The maximum atomic E-state index is 15.2. The maximum absolute atomic E-state index is 15.2. The number of hydrogen-bond donors (Lipinski definition) is 2. The molecule has 0 fully saturated rings. The first kappa shape index (κ1) is 27.6. The summed E-state index contributed by atoms with van der Waals surface area (Å²) in [5, 5.41) is 12.7. The average molecular weight is 560 g/mol. The predicted molar refractivity (Wildman–Crippen MR) is 150 cm³/mol. The number of aromatic nitrogens is 4. The zero-order chi connectivity index (χ0) is 29.5. The van der Waals surface area contributed by atoms with E-state index in [9.17, 15) is 19.1 Å². The number of amides is 1. The molecule has 2 aromatic carbocycles. The highest BCUT2D eigenvalue weighted by Crippen LogP contribution is 2.34. The van der Waals surface area contributed by atoms with Crippen molar-refractivity contribution in [2.24, 2.45) is 0 Å². The Kier molecular flexibility index (Phi) is 7.12. The van der Waals surface area contributed by atoms with E-state index in [0.29, 0.717) is 35.3 Å². The van der Waals surface area contributed by atoms with E-state index >= 15 is 4.39 Å². The number of carboxylic acid groups (broad SMARTS) is 1. The van der Waals surface area contributed by atoms with Gasteiger partial charge >= 0.3 is 12.1 Å². The third kappa shape index (κ3) is 5.43. The highest BCUT2D eigenvalue weighted by molar-refractivity contribution is 6.04. The van der Waals surface area contributed by atoms with Crippen molar-refractivity contribution < 1.29 is 28.2 Å². The smallest absolute Gasteiger partial charge is 0.413 e. The second-order valence-corrected chi connectivity index (χ2v) is 10.4. The number of aromatic carboxylic acids is 1. The van der Waals surface area contributed by atoms with Crippen LogP contribution in [-0.2, 0) is 11.2 Å². The van der Waals surface area contributed by atoms with Gasteiger partial charge in [-0.25, -0.2) is 28.3 Å². The Morgan fingerprint density at radius 2 is 1.71 bits per heavy atom. The zero-order valence-corrected chi connectivity index (χ0v) is 22.8. The number of anilines is 1. The molecule has 11 heteroatoms. The van der Waals surface area contributed by atoms with E-state index in [1.54, 1.807) is 49.6 Å². The summed E-state index contributed by atoms with van der Waals surface area (Å²) in [6.45, 7) is 7.15. The molecule has 0 radical (unpaired) electrons. The molecule has 0 unspecified atom stereocenters. The van der Waals surface area contributed by atoms with Crippen molar-refractivity contribution in [1.82, 2.24) is 19.5 Å². The van der Waals surface area contributed by atoms with E-state index in [0.717, 1.165) is 12.1 Å². The lowest BCUT2D eigenvalue weighted by atomic mass is 10.0. The van der Waals surface area contributed by atoms with Crippen LogP contribution in [0.1, 0.15) is 50.3 Å². The van der Waals surface area contributed by atoms with Crippen LogP contribution in [0.25, 0.3) is 38.8 Å². The Labute approximate surface area is 233 Å². The number of carbonyl (C=O) groups excluding carboxylic acids is 1. The summed E-state index contributed by atoms with van der Waals surface area (Å²) < 4.78 is 36.8. The molecule has 210 valence electrons. The number of pyridine rings is 2. The minimum atomic E-state index is -1.21. The number of fused-ring (bicyclic) bond motifs is 2. The van der Waals surface area contributed by atoms with Crippen molar-refractivity contribution in [3.05, 3.63) is 77.9 Å². The molecule has 41 heavy (non-hydrogen) atoms. The van der Waals surface area contributed by atoms with Gasteiger partial charge in [-0.15, -0.1) is 0 Å². The number of imidazole rings is 1. The Morgan fingerprint density at radius 3 is 2.41 bits per heavy atom. The van der Waals surface area contributed by atoms with Gasteiger partial charge in [0.15, 0.2) is 0 Å². The van der Waals surface area contributed by atoms with Crippen LogP contribution in [0.15, 0.2) is 54.9 Å². The van der Waals surface area contributed by atoms with Gasteiger partial charge in [-0.2, -0.15) is 0 Å². The van der Waals surface area contributed by atoms with Crippen LogP contribution in [0.4, 0.5) is 19.4 Å². The molecule has 3 heterocycles. The molecule has 9 nitrogen and oxygen atoms in total. The van der Waals surface area contributed by atoms with Crippen molar-refractivity contribution in [1.29, 1.82) is 0 Å². The number of ether oxygens (including phenoxy) is 1. The molecule has 3 aromatic heterocycles. The van der Waals surface area contributed by atoms with Gasteiger partial charge in [0.25, 0.3) is 0 Å². The highest BCUT2D eigenvalue weighted by atomic mass is 19.1. The van der Waals surface area contributed by atoms with Gasteiger partial charge in [0, 0.05) is 18.8 Å². The molecule has 0 aliphatic heterocycles. The quantitative estimate of drug-likeness (QED) is 0.232. The van der Waals surface area contributed by atoms with Crippen LogP contribution in [0.2, 0.25) is 0 Å². The monoisotopic (exact) mass is 559 g/mol. The van der Waals surface area contributed by atoms with Crippen LogP contribution in [-0.4, -0.2) is 42.3 Å². The molecule has 1 amide bonds. The van der Waals surface area contributed by atoms with Gasteiger partial charge < -0.3 is 9.84 Å². The number of nitrogens with one attached hydrogen (secondary N) is 1. The topological polar surface area (TPSA) is 119 Å². The van der Waals surface area contributed by atoms with Gasteiger partial charge in [0.05, 0.1) is 22.2 Å². The second-order valence-electron chi connectivity index (χ2n) is 10.4. The maximum Gasteiger partial charge on any atom is 0.413 e. The van der Waals surface area contributed by atoms with E-state index in [4.69, 9.17) is 4.74 Å². The van der Waals surface area contributed by atoms with Crippen molar-refractivity contribution in [3.8, 4) is 16.8 Å². The lowest BCUT2D eigenvalue weighted by Gasteiger charge is -2.19. The van der Waals surface area contributed by atoms with Crippen LogP contribution >= 0.6 is 0 Å². The van der Waals surface area contributed by atoms with Gasteiger partial charge in [0.1, 0.15) is 39.9 Å². The standard InChI is InChI=1S/C30H27F2N5O4/c1-5-6-24-36-26-18(28(38)39)13-17(16-9-11-33-23(15-16)35-29(40)41-30(2,3)4)14-22(26)37(24)21-10-12-34-27-20(32)8-7-19(31)25(21)27/h7-15H,5-6H2,1-4H3,(H,38,39)(H,33,35,40). The summed E-state index contributed by atoms with van der Waals surface area (Å²) in [5.41, 5.74) is 0.984. The lowest BCUT2D eigenvalue weighted by Crippen LogP contribution is -2.27. The number of rotatable bonds is 6. The first-order valence-electron chi connectivity index (χ1n) is 12.9. The summed E-state index contributed by atoms with van der Waals surface area (Å²) >= 11 is 0. The van der Waals surface area contributed by atoms with E-state index in [-0.39, 0.29) is 33.5 Å². The molecule has 0 saturated heterocycles. The molecule has 2 N–H and O–H groups in total. The molecule has 5 aromatic rings. The van der Waals surface area contributed by atoms with Gasteiger partial charge in [-0.05, 0) is 80.8 Å². The Bertz CT molecular complexity index is 1830. The second kappa shape index (κ2) is 10.6. The summed E-state index contributed by atoms with van der Waals surface area (Å²) in [6.07, 6.45) is 3.28. The summed E-state index contributed by atoms with van der Waals surface area (Å²) in [5.74, 6) is -1.87. The minimum absolute atomic E-state index is 0.0424. The minimum Gasteiger partial charge on any atom is -0.478 e. The normalized spacial score (nSPS) is 11.7. The van der Waals surface area contributed by atoms with Crippen LogP contribution in [0.5, 0.6) is 0 Å². The predicted octanol–water partition coefficient (Wildman–Crippen LogP) is 6.91. The first-order chi connectivity index (χ1) is 19.5. The number of hydrogen-bond acceptors (Lipinski definition) is 6. The highest BCUT2D eigenvalue weighted by Gasteiger charge is 2.23. The van der Waals surface area contributed by atoms with Crippen LogP contribution in [0.3, 0.4) is 0 Å². The number of aryl methyl sites for hydroxylation is 1. The number of halogens is 2. The molecule has 0 aliphatic rings. The molecule has 0 atom stereocenters. The molecule has 0 aliphatic carbocycles. The third-order valence-corrected chi connectivity index (χ3v) is 6.27. The third-order valence-electron chi connectivity index (χ3n) is 6.27. The van der Waals surface area contributed by atoms with Gasteiger partial charge in [-0.1, -0.05) is 6.92 Å². The van der Waals surface area contributed by atoms with E-state index in [1.165, 1.54) is 18.5 Å². The number of benzene rings is 2. The van der Waals surface area contributed by atoms with Gasteiger partial charge in [-0.3, -0.25) is 14.9 Å². The Morgan fingerprint density at radius 1 is 0.976 bits per heavy atom. The fraction of sp³-hybridized carbons (Fsp3) is 0.233. The summed E-state index contributed by atoms with van der Waals surface area (Å²) in [4.78, 5) is 37.6. The van der Waals surface area contributed by atoms with Crippen LogP contribution < -0.4 is 5.32 Å². The molecular formula is C30H27F2N5O4. The van der Waals surface area contributed by atoms with Crippen molar-refractivity contribution in [2.75, 3.05) is 5.32 Å². The first-order valence-corrected chi connectivity index (χ1v) is 12.9. The average Bonchev–Trinajstić information content (AvgIpc) is 3.26. The van der Waals surface area contributed by atoms with E-state index < -0.39 is 29.3 Å². The van der Waals surface area contributed by atoms with E-state index in [1.807, 2.05) is 6.92 Å². The van der Waals surface area contributed by atoms with Crippen LogP contribution in [0, 0.1) is 11.6 Å². The lowest BCUT2D eigenvalue weighted by molar-refractivity contribution is 0.0633. The fourth-order valence-electron chi connectivity index (χ4n) is 4.66.